The topological polar surface area (TPSA) is 104 Å². The van der Waals surface area contributed by atoms with Gasteiger partial charge in [-0.05, 0) is 37.0 Å². The molecular weight excluding hydrogens is 415 g/mol. The molecule has 7 nitrogen and oxygen atoms in total. The van der Waals surface area contributed by atoms with Crippen molar-refractivity contribution in [2.75, 3.05) is 19.6 Å². The number of rotatable bonds is 4. The number of oxazole rings is 1. The van der Waals surface area contributed by atoms with E-state index in [-0.39, 0.29) is 5.91 Å². The summed E-state index contributed by atoms with van der Waals surface area (Å²) in [6.45, 7) is 11.3. The number of carboxylic acids is 1. The van der Waals surface area contributed by atoms with E-state index in [1.807, 2.05) is 6.92 Å². The van der Waals surface area contributed by atoms with Gasteiger partial charge in [0.2, 0.25) is 5.89 Å². The number of carboxylic acid groups (broad SMARTS) is 1. The highest BCUT2D eigenvalue weighted by Gasteiger charge is 2.38. The number of nitrogens with zero attached hydrogens (tertiary/aromatic N) is 1. The van der Waals surface area contributed by atoms with Gasteiger partial charge in [-0.15, -0.1) is 0 Å². The third kappa shape index (κ3) is 6.95. The number of carbonyl (C=O) groups is 2. The van der Waals surface area contributed by atoms with Crippen LogP contribution >= 0.6 is 0 Å². The number of hydrogen-bond acceptors (Lipinski definition) is 5. The van der Waals surface area contributed by atoms with Crippen molar-refractivity contribution in [3.8, 4) is 0 Å². The molecule has 176 valence electrons. The minimum absolute atomic E-state index is 0.0898. The average Bonchev–Trinajstić information content (AvgIpc) is 2.98. The van der Waals surface area contributed by atoms with Crippen LogP contribution in [0.2, 0.25) is 0 Å². The van der Waals surface area contributed by atoms with Gasteiger partial charge in [0.15, 0.2) is 5.69 Å². The maximum Gasteiger partial charge on any atom is 0.490 e. The van der Waals surface area contributed by atoms with Gasteiger partial charge in [-0.2, -0.15) is 13.2 Å². The molecule has 1 saturated heterocycles. The van der Waals surface area contributed by atoms with Crippen molar-refractivity contribution in [3.05, 3.63) is 17.3 Å². The second-order valence-corrected chi connectivity index (χ2v) is 9.34. The van der Waals surface area contributed by atoms with Crippen LogP contribution in [0.4, 0.5) is 13.2 Å². The number of aryl methyl sites for hydroxylation is 1. The van der Waals surface area contributed by atoms with Crippen LogP contribution in [-0.2, 0) is 4.79 Å². The molecule has 0 bridgehead atoms. The zero-order valence-corrected chi connectivity index (χ0v) is 18.4. The summed E-state index contributed by atoms with van der Waals surface area (Å²) in [6, 6.07) is 0. The van der Waals surface area contributed by atoms with E-state index in [1.165, 1.54) is 25.7 Å². The van der Waals surface area contributed by atoms with Crippen molar-refractivity contribution >= 4 is 11.9 Å². The molecule has 1 aromatic rings. The van der Waals surface area contributed by atoms with Crippen molar-refractivity contribution in [1.29, 1.82) is 0 Å². The summed E-state index contributed by atoms with van der Waals surface area (Å²) in [4.78, 5) is 25.9. The molecule has 31 heavy (non-hydrogen) atoms. The lowest BCUT2D eigenvalue weighted by atomic mass is 9.66. The molecule has 2 aliphatic rings. The Morgan fingerprint density at radius 3 is 2.26 bits per heavy atom. The summed E-state index contributed by atoms with van der Waals surface area (Å²) in [7, 11) is 0. The normalized spacial score (nSPS) is 22.2. The van der Waals surface area contributed by atoms with Crippen molar-refractivity contribution in [3.63, 3.8) is 0 Å². The monoisotopic (exact) mass is 447 g/mol. The predicted molar refractivity (Wildman–Crippen MR) is 108 cm³/mol. The van der Waals surface area contributed by atoms with Crippen LogP contribution in [-0.4, -0.2) is 47.8 Å². The molecule has 1 aliphatic carbocycles. The number of carbonyl (C=O) groups excluding carboxylic acids is 1. The quantitative estimate of drug-likeness (QED) is 0.647. The second-order valence-electron chi connectivity index (χ2n) is 9.34. The third-order valence-corrected chi connectivity index (χ3v) is 5.95. The Bertz CT molecular complexity index is 767. The number of hydrogen-bond donors (Lipinski definition) is 3. The lowest BCUT2D eigenvalue weighted by Gasteiger charge is -2.40. The van der Waals surface area contributed by atoms with E-state index < -0.39 is 12.1 Å². The highest BCUT2D eigenvalue weighted by Crippen LogP contribution is 2.41. The highest BCUT2D eigenvalue weighted by atomic mass is 19.4. The summed E-state index contributed by atoms with van der Waals surface area (Å²) in [5.74, 6) is 0.0215. The molecule has 1 aliphatic heterocycles. The fourth-order valence-corrected chi connectivity index (χ4v) is 4.17. The van der Waals surface area contributed by atoms with E-state index in [9.17, 15) is 18.0 Å². The van der Waals surface area contributed by atoms with Crippen LogP contribution in [0, 0.1) is 24.2 Å². The van der Waals surface area contributed by atoms with E-state index in [1.54, 1.807) is 0 Å². The molecular formula is C21H32F3N3O4. The number of aliphatic carboxylic acids is 1. The number of nitrogens with one attached hydrogen (secondary N) is 2. The number of amides is 1. The summed E-state index contributed by atoms with van der Waals surface area (Å²) in [6.07, 6.45) is -0.0205. The van der Waals surface area contributed by atoms with Gasteiger partial charge in [0.05, 0.1) is 5.92 Å². The molecule has 0 aromatic carbocycles. The first-order valence-corrected chi connectivity index (χ1v) is 10.6. The van der Waals surface area contributed by atoms with Crippen molar-refractivity contribution in [2.45, 2.75) is 65.5 Å². The first-order valence-electron chi connectivity index (χ1n) is 10.6. The zero-order chi connectivity index (χ0) is 23.4. The fraction of sp³-hybridized carbons (Fsp3) is 0.762. The fourth-order valence-electron chi connectivity index (χ4n) is 4.17. The highest BCUT2D eigenvalue weighted by molar-refractivity contribution is 5.93. The Hall–Kier alpha value is -2.10. The summed E-state index contributed by atoms with van der Waals surface area (Å²) >= 11 is 0. The van der Waals surface area contributed by atoms with E-state index in [0.717, 1.165) is 19.6 Å². The molecule has 2 fully saturated rings. The Balaban J connectivity index is 0.000000423. The predicted octanol–water partition coefficient (Wildman–Crippen LogP) is 3.89. The third-order valence-electron chi connectivity index (χ3n) is 5.95. The lowest BCUT2D eigenvalue weighted by Crippen LogP contribution is -2.40. The standard InChI is InChI=1S/C19H31N3O2.C2HF3O2/c1-12-16(22-18(24-12)14-9-20-10-14)17(23)21-11-13-7-5-6-8-15(13)19(2,3)4;3-2(4,5)1(6)7/h13-15,20H,5-11H2,1-4H3,(H,21,23);(H,6,7). The van der Waals surface area contributed by atoms with E-state index >= 15 is 0 Å². The zero-order valence-electron chi connectivity index (χ0n) is 18.4. The Morgan fingerprint density at radius 2 is 1.77 bits per heavy atom. The van der Waals surface area contributed by atoms with Gasteiger partial charge in [-0.25, -0.2) is 9.78 Å². The molecule has 10 heteroatoms. The van der Waals surface area contributed by atoms with Gasteiger partial charge in [0, 0.05) is 19.6 Å². The van der Waals surface area contributed by atoms with Gasteiger partial charge in [-0.3, -0.25) is 4.79 Å². The van der Waals surface area contributed by atoms with Crippen LogP contribution < -0.4 is 10.6 Å². The SMILES string of the molecule is Cc1oc(C2CNC2)nc1C(=O)NCC1CCCCC1C(C)(C)C.O=C(O)C(F)(F)F. The summed E-state index contributed by atoms with van der Waals surface area (Å²) in [5, 5.41) is 13.5. The Morgan fingerprint density at radius 1 is 1.19 bits per heavy atom. The van der Waals surface area contributed by atoms with E-state index in [2.05, 4.69) is 36.4 Å². The average molecular weight is 447 g/mol. The lowest BCUT2D eigenvalue weighted by molar-refractivity contribution is -0.192. The van der Waals surface area contributed by atoms with Crippen molar-refractivity contribution in [2.24, 2.45) is 17.3 Å². The number of alkyl halides is 3. The van der Waals surface area contributed by atoms with Gasteiger partial charge >= 0.3 is 12.1 Å². The Kier molecular flexibility index (Phi) is 8.13. The van der Waals surface area contributed by atoms with Gasteiger partial charge in [0.1, 0.15) is 5.76 Å². The van der Waals surface area contributed by atoms with Crippen LogP contribution in [0.1, 0.15) is 74.5 Å². The Labute approximate surface area is 180 Å². The summed E-state index contributed by atoms with van der Waals surface area (Å²) in [5.41, 5.74) is 0.754. The minimum atomic E-state index is -5.08. The number of halogens is 3. The molecule has 1 aromatic heterocycles. The molecule has 2 heterocycles. The van der Waals surface area contributed by atoms with Crippen LogP contribution in [0.5, 0.6) is 0 Å². The number of aromatic nitrogens is 1. The van der Waals surface area contributed by atoms with Crippen molar-refractivity contribution in [1.82, 2.24) is 15.6 Å². The van der Waals surface area contributed by atoms with E-state index in [4.69, 9.17) is 14.3 Å². The minimum Gasteiger partial charge on any atom is -0.475 e. The molecule has 0 spiro atoms. The van der Waals surface area contributed by atoms with Crippen LogP contribution in [0.15, 0.2) is 4.42 Å². The van der Waals surface area contributed by atoms with Gasteiger partial charge in [0.25, 0.3) is 5.91 Å². The largest absolute Gasteiger partial charge is 0.490 e. The molecule has 2 atom stereocenters. The molecule has 2 unspecified atom stereocenters. The van der Waals surface area contributed by atoms with Gasteiger partial charge < -0.3 is 20.2 Å². The maximum atomic E-state index is 12.6. The molecule has 0 radical (unpaired) electrons. The van der Waals surface area contributed by atoms with E-state index in [0.29, 0.717) is 40.5 Å². The second kappa shape index (κ2) is 10.0. The molecule has 1 amide bonds. The molecule has 3 rings (SSSR count). The molecule has 1 saturated carbocycles. The van der Waals surface area contributed by atoms with Crippen LogP contribution in [0.25, 0.3) is 0 Å². The first kappa shape index (κ1) is 25.2. The molecule has 3 N–H and O–H groups in total. The van der Waals surface area contributed by atoms with Gasteiger partial charge in [-0.1, -0.05) is 33.6 Å². The van der Waals surface area contributed by atoms with Crippen LogP contribution in [0.3, 0.4) is 0 Å². The summed E-state index contributed by atoms with van der Waals surface area (Å²) < 4.78 is 37.4. The van der Waals surface area contributed by atoms with Crippen molar-refractivity contribution < 1.29 is 32.3 Å². The smallest absolute Gasteiger partial charge is 0.475 e. The first-order chi connectivity index (χ1) is 14.3. The maximum absolute atomic E-state index is 12.6.